The maximum absolute atomic E-state index is 14.1. The highest BCUT2D eigenvalue weighted by atomic mass is 32.2. The van der Waals surface area contributed by atoms with E-state index in [-0.39, 0.29) is 25.9 Å². The fourth-order valence-corrected chi connectivity index (χ4v) is 6.53. The van der Waals surface area contributed by atoms with Gasteiger partial charge in [-0.2, -0.15) is 11.8 Å². The van der Waals surface area contributed by atoms with Crippen LogP contribution in [0.25, 0.3) is 10.9 Å². The second kappa shape index (κ2) is 22.7. The van der Waals surface area contributed by atoms with E-state index in [1.807, 2.05) is 36.6 Å². The van der Waals surface area contributed by atoms with Crippen molar-refractivity contribution in [3.8, 4) is 0 Å². The maximum Gasteiger partial charge on any atom is 0.407 e. The normalized spacial score (nSPS) is 13.1. The molecule has 16 nitrogen and oxygen atoms in total. The Morgan fingerprint density at radius 3 is 1.95 bits per heavy atom. The lowest BCUT2D eigenvalue weighted by Crippen LogP contribution is -2.59. The molecular formula is C43H53N7O9S. The molecule has 0 fully saturated rings. The zero-order valence-electron chi connectivity index (χ0n) is 34.1. The molecule has 0 aliphatic rings. The molecule has 0 bridgehead atoms. The number of benzene rings is 3. The second-order valence-corrected chi connectivity index (χ2v) is 15.9. The third-order valence-electron chi connectivity index (χ3n) is 8.97. The quantitative estimate of drug-likeness (QED) is 0.0606. The van der Waals surface area contributed by atoms with Gasteiger partial charge >= 0.3 is 12.1 Å². The second-order valence-electron chi connectivity index (χ2n) is 14.9. The number of primary amides is 1. The first-order valence-electron chi connectivity index (χ1n) is 19.4. The molecule has 0 saturated carbocycles. The van der Waals surface area contributed by atoms with Crippen LogP contribution in [0.5, 0.6) is 0 Å². The number of nitrogens with two attached hydrogens (primary N) is 1. The van der Waals surface area contributed by atoms with E-state index in [9.17, 15) is 33.6 Å². The minimum Gasteiger partial charge on any atom is -0.460 e. The highest BCUT2D eigenvalue weighted by Crippen LogP contribution is 2.20. The number of hydrogen-bond acceptors (Lipinski definition) is 10. The first-order chi connectivity index (χ1) is 28.6. The van der Waals surface area contributed by atoms with Crippen molar-refractivity contribution in [2.45, 2.75) is 82.8 Å². The zero-order chi connectivity index (χ0) is 43.7. The fraction of sp³-hybridized carbons (Fsp3) is 0.372. The number of aromatic nitrogens is 1. The lowest BCUT2D eigenvalue weighted by Gasteiger charge is -2.27. The molecule has 0 aliphatic carbocycles. The van der Waals surface area contributed by atoms with E-state index in [1.165, 1.54) is 11.8 Å². The minimum atomic E-state index is -1.53. The summed E-state index contributed by atoms with van der Waals surface area (Å²) in [5.41, 5.74) is 7.69. The SMILES string of the molecule is CSCC[C@H](NC(=O)[C@H](Cc1c[nH]c2ccccc12)NC(=O)CNC(=O)OCc1ccccc1)C(=O)N[C@@H](CC(=O)OC(C)(C)C)C(=O)N[C@@H](Cc1ccccc1)C(N)=O. The minimum absolute atomic E-state index is 0.00347. The highest BCUT2D eigenvalue weighted by Gasteiger charge is 2.33. The molecule has 0 saturated heterocycles. The van der Waals surface area contributed by atoms with E-state index in [0.29, 0.717) is 16.9 Å². The van der Waals surface area contributed by atoms with Crippen molar-refractivity contribution in [2.24, 2.45) is 5.73 Å². The molecule has 1 aromatic heterocycles. The molecule has 1 heterocycles. The number of thioether (sulfide) groups is 1. The Balaban J connectivity index is 1.52. The van der Waals surface area contributed by atoms with Gasteiger partial charge in [-0.1, -0.05) is 78.9 Å². The van der Waals surface area contributed by atoms with Gasteiger partial charge < -0.3 is 46.8 Å². The number of carbonyl (C=O) groups is 7. The number of fused-ring (bicyclic) bond motifs is 1. The van der Waals surface area contributed by atoms with Crippen molar-refractivity contribution < 1.29 is 43.0 Å². The molecule has 0 spiro atoms. The van der Waals surface area contributed by atoms with Gasteiger partial charge in [-0.25, -0.2) is 4.79 Å². The third kappa shape index (κ3) is 15.4. The van der Waals surface area contributed by atoms with Gasteiger partial charge in [0.25, 0.3) is 0 Å². The molecule has 60 heavy (non-hydrogen) atoms. The van der Waals surface area contributed by atoms with Crippen LogP contribution in [-0.2, 0) is 57.7 Å². The smallest absolute Gasteiger partial charge is 0.407 e. The van der Waals surface area contributed by atoms with Gasteiger partial charge in [0.15, 0.2) is 0 Å². The molecule has 8 N–H and O–H groups in total. The number of amides is 6. The van der Waals surface area contributed by atoms with Crippen molar-refractivity contribution in [1.82, 2.24) is 31.6 Å². The summed E-state index contributed by atoms with van der Waals surface area (Å²) in [5.74, 6) is -4.34. The number of hydrogen-bond donors (Lipinski definition) is 7. The van der Waals surface area contributed by atoms with Crippen LogP contribution in [0.4, 0.5) is 4.79 Å². The Hall–Kier alpha value is -6.36. The highest BCUT2D eigenvalue weighted by molar-refractivity contribution is 7.98. The maximum atomic E-state index is 14.1. The molecule has 3 aromatic carbocycles. The van der Waals surface area contributed by atoms with Gasteiger partial charge in [0.1, 0.15) is 42.9 Å². The molecule has 320 valence electrons. The van der Waals surface area contributed by atoms with E-state index in [1.54, 1.807) is 81.6 Å². The number of alkyl carbamates (subject to hydrolysis) is 1. The number of rotatable bonds is 21. The van der Waals surface area contributed by atoms with Crippen LogP contribution in [0, 0.1) is 0 Å². The molecule has 0 aliphatic heterocycles. The van der Waals surface area contributed by atoms with E-state index < -0.39 is 84.3 Å². The number of ether oxygens (including phenoxy) is 2. The lowest BCUT2D eigenvalue weighted by atomic mass is 10.0. The topological polar surface area (TPSA) is 240 Å². The summed E-state index contributed by atoms with van der Waals surface area (Å²) >= 11 is 1.40. The number of H-pyrrole nitrogens is 1. The van der Waals surface area contributed by atoms with Gasteiger partial charge in [0.2, 0.25) is 29.5 Å². The largest absolute Gasteiger partial charge is 0.460 e. The molecule has 4 atom stereocenters. The van der Waals surface area contributed by atoms with E-state index >= 15 is 0 Å². The van der Waals surface area contributed by atoms with Crippen LogP contribution < -0.4 is 32.3 Å². The molecule has 6 amide bonds. The standard InChI is InChI=1S/C43H53N7O9S/c1-43(2,3)59-37(52)23-35(41(56)49-33(38(44)53)21-27-13-7-5-8-14-27)50-39(54)32(19-20-60-4)48-40(55)34(22-29-24-45-31-18-12-11-17-30(29)31)47-36(51)25-46-42(57)58-26-28-15-9-6-10-16-28/h5-18,24,32-35,45H,19-23,25-26H2,1-4H3,(H2,44,53)(H,46,57)(H,47,51)(H,48,55)(H,49,56)(H,50,54)/t32-,33-,34-,35-/m0/s1. The van der Waals surface area contributed by atoms with Gasteiger partial charge in [0, 0.05) is 29.9 Å². The van der Waals surface area contributed by atoms with Gasteiger partial charge in [-0.05, 0) is 62.0 Å². The first kappa shape index (κ1) is 46.3. The van der Waals surface area contributed by atoms with Crippen LogP contribution in [0.3, 0.4) is 0 Å². The Kier molecular flexibility index (Phi) is 17.5. The molecule has 0 unspecified atom stereocenters. The summed E-state index contributed by atoms with van der Waals surface area (Å²) in [4.78, 5) is 96.1. The Morgan fingerprint density at radius 2 is 1.30 bits per heavy atom. The summed E-state index contributed by atoms with van der Waals surface area (Å²) in [7, 11) is 0. The molecule has 17 heteroatoms. The van der Waals surface area contributed by atoms with E-state index in [0.717, 1.165) is 16.5 Å². The summed E-state index contributed by atoms with van der Waals surface area (Å²) in [6, 6.07) is 20.0. The number of para-hydroxylation sites is 1. The molecule has 0 radical (unpaired) electrons. The van der Waals surface area contributed by atoms with Crippen LogP contribution in [0.15, 0.2) is 91.1 Å². The Labute approximate surface area is 352 Å². The van der Waals surface area contributed by atoms with Gasteiger partial charge in [-0.3, -0.25) is 28.8 Å². The lowest BCUT2D eigenvalue weighted by molar-refractivity contribution is -0.156. The summed E-state index contributed by atoms with van der Waals surface area (Å²) < 4.78 is 10.6. The summed E-state index contributed by atoms with van der Waals surface area (Å²) in [6.07, 6.45) is 2.23. The van der Waals surface area contributed by atoms with Crippen molar-refractivity contribution in [3.05, 3.63) is 108 Å². The molecule has 4 aromatic rings. The monoisotopic (exact) mass is 843 g/mol. The van der Waals surface area contributed by atoms with Crippen LogP contribution >= 0.6 is 11.8 Å². The summed E-state index contributed by atoms with van der Waals surface area (Å²) in [5, 5.41) is 13.7. The number of aromatic amines is 1. The fourth-order valence-electron chi connectivity index (χ4n) is 6.05. The summed E-state index contributed by atoms with van der Waals surface area (Å²) in [6.45, 7) is 4.41. The van der Waals surface area contributed by atoms with Crippen molar-refractivity contribution in [1.29, 1.82) is 0 Å². The predicted molar refractivity (Wildman–Crippen MR) is 227 cm³/mol. The third-order valence-corrected chi connectivity index (χ3v) is 9.61. The van der Waals surface area contributed by atoms with Crippen LogP contribution in [0.1, 0.15) is 50.3 Å². The number of carbonyl (C=O) groups excluding carboxylic acids is 7. The molecule has 4 rings (SSSR count). The van der Waals surface area contributed by atoms with Gasteiger partial charge in [0.05, 0.1) is 6.42 Å². The Morgan fingerprint density at radius 1 is 0.717 bits per heavy atom. The first-order valence-corrected chi connectivity index (χ1v) is 20.7. The average Bonchev–Trinajstić information content (AvgIpc) is 3.62. The van der Waals surface area contributed by atoms with Crippen LogP contribution in [0.2, 0.25) is 0 Å². The number of esters is 1. The average molecular weight is 844 g/mol. The van der Waals surface area contributed by atoms with E-state index in [4.69, 9.17) is 15.2 Å². The van der Waals surface area contributed by atoms with Gasteiger partial charge in [-0.15, -0.1) is 0 Å². The molecular weight excluding hydrogens is 791 g/mol. The van der Waals surface area contributed by atoms with Crippen molar-refractivity contribution >= 4 is 64.3 Å². The Bertz CT molecular complexity index is 2090. The number of nitrogens with one attached hydrogen (secondary N) is 6. The van der Waals surface area contributed by atoms with E-state index in [2.05, 4.69) is 31.6 Å². The van der Waals surface area contributed by atoms with Crippen LogP contribution in [-0.4, -0.2) is 94.9 Å². The predicted octanol–water partition coefficient (Wildman–Crippen LogP) is 2.79. The van der Waals surface area contributed by atoms with Crippen molar-refractivity contribution in [3.63, 3.8) is 0 Å². The van der Waals surface area contributed by atoms with Crippen molar-refractivity contribution in [2.75, 3.05) is 18.6 Å². The zero-order valence-corrected chi connectivity index (χ0v) is 34.9.